The minimum atomic E-state index is -4.76. The molecule has 0 saturated heterocycles. The van der Waals surface area contributed by atoms with Crippen LogP contribution in [0.2, 0.25) is 0 Å². The lowest BCUT2D eigenvalue weighted by molar-refractivity contribution is -0.142. The van der Waals surface area contributed by atoms with Crippen LogP contribution in [0.15, 0.2) is 35.1 Å². The average Bonchev–Trinajstić information content (AvgIpc) is 2.57. The molecule has 11 heteroatoms. The third-order valence-electron chi connectivity index (χ3n) is 4.07. The van der Waals surface area contributed by atoms with E-state index in [1.807, 2.05) is 0 Å². The minimum Gasteiger partial charge on any atom is -0.327 e. The first-order valence-corrected chi connectivity index (χ1v) is 9.13. The van der Waals surface area contributed by atoms with Crippen LogP contribution in [0.4, 0.5) is 26.3 Å². The summed E-state index contributed by atoms with van der Waals surface area (Å²) in [6, 6.07) is 5.22. The highest BCUT2D eigenvalue weighted by atomic mass is 19.4. The summed E-state index contributed by atoms with van der Waals surface area (Å²) in [4.78, 5) is 25.6. The Bertz CT molecular complexity index is 1000. The van der Waals surface area contributed by atoms with E-state index in [1.165, 1.54) is 13.0 Å². The SMILES string of the molecule is Cc1cc(=O)c(C(=O)N(CC(C)(C)C)CC(F)(F)F)nn1-c1ccccc1C(F)(F)F. The van der Waals surface area contributed by atoms with Crippen molar-refractivity contribution in [1.29, 1.82) is 0 Å². The van der Waals surface area contributed by atoms with Gasteiger partial charge >= 0.3 is 12.4 Å². The number of carbonyl (C=O) groups is 1. The molecule has 0 aliphatic rings. The number of halogens is 6. The van der Waals surface area contributed by atoms with Crippen molar-refractivity contribution in [2.24, 2.45) is 5.41 Å². The third-order valence-corrected chi connectivity index (χ3v) is 4.07. The maximum atomic E-state index is 13.4. The van der Waals surface area contributed by atoms with Gasteiger partial charge in [-0.15, -0.1) is 0 Å². The highest BCUT2D eigenvalue weighted by Gasteiger charge is 2.37. The van der Waals surface area contributed by atoms with E-state index >= 15 is 0 Å². The monoisotopic (exact) mass is 449 g/mol. The molecular weight excluding hydrogens is 428 g/mol. The molecule has 31 heavy (non-hydrogen) atoms. The molecule has 170 valence electrons. The predicted octanol–water partition coefficient (Wildman–Crippen LogP) is 4.61. The second-order valence-electron chi connectivity index (χ2n) is 8.26. The topological polar surface area (TPSA) is 55.2 Å². The summed E-state index contributed by atoms with van der Waals surface area (Å²) in [6.45, 7) is 4.13. The minimum absolute atomic E-state index is 0.0172. The van der Waals surface area contributed by atoms with Crippen molar-refractivity contribution in [3.05, 3.63) is 57.5 Å². The van der Waals surface area contributed by atoms with Crippen molar-refractivity contribution >= 4 is 5.91 Å². The molecule has 0 saturated carbocycles. The molecule has 1 aromatic carbocycles. The van der Waals surface area contributed by atoms with Gasteiger partial charge in [-0.2, -0.15) is 31.4 Å². The fraction of sp³-hybridized carbons (Fsp3) is 0.450. The molecule has 0 bridgehead atoms. The molecule has 0 fully saturated rings. The Balaban J connectivity index is 2.64. The Labute approximate surface area is 174 Å². The molecule has 0 radical (unpaired) electrons. The number of carbonyl (C=O) groups excluding carboxylic acids is 1. The van der Waals surface area contributed by atoms with Crippen molar-refractivity contribution in [2.75, 3.05) is 13.1 Å². The maximum Gasteiger partial charge on any atom is 0.418 e. The van der Waals surface area contributed by atoms with Gasteiger partial charge in [-0.1, -0.05) is 32.9 Å². The van der Waals surface area contributed by atoms with Gasteiger partial charge in [0.05, 0.1) is 11.3 Å². The molecule has 2 rings (SSSR count). The molecular formula is C20H21F6N3O2. The van der Waals surface area contributed by atoms with Crippen LogP contribution in [0.3, 0.4) is 0 Å². The molecule has 0 N–H and O–H groups in total. The molecule has 5 nitrogen and oxygen atoms in total. The van der Waals surface area contributed by atoms with Gasteiger partial charge in [-0.25, -0.2) is 4.68 Å². The lowest BCUT2D eigenvalue weighted by Crippen LogP contribution is -2.45. The normalized spacial score (nSPS) is 12.7. The van der Waals surface area contributed by atoms with E-state index in [4.69, 9.17) is 0 Å². The Kier molecular flexibility index (Phi) is 6.58. The van der Waals surface area contributed by atoms with Crippen LogP contribution in [0.25, 0.3) is 5.69 Å². The summed E-state index contributed by atoms with van der Waals surface area (Å²) in [6.07, 6.45) is -9.50. The molecule has 1 heterocycles. The summed E-state index contributed by atoms with van der Waals surface area (Å²) in [5.41, 5.74) is -4.17. The van der Waals surface area contributed by atoms with E-state index in [1.54, 1.807) is 20.8 Å². The smallest absolute Gasteiger partial charge is 0.327 e. The van der Waals surface area contributed by atoms with Crippen molar-refractivity contribution < 1.29 is 31.1 Å². The second kappa shape index (κ2) is 8.35. The molecule has 0 unspecified atom stereocenters. The van der Waals surface area contributed by atoms with E-state index < -0.39 is 52.6 Å². The Morgan fingerprint density at radius 3 is 2.13 bits per heavy atom. The quantitative estimate of drug-likeness (QED) is 0.641. The summed E-state index contributed by atoms with van der Waals surface area (Å²) >= 11 is 0. The third kappa shape index (κ3) is 6.31. The maximum absolute atomic E-state index is 13.4. The van der Waals surface area contributed by atoms with Crippen LogP contribution in [-0.2, 0) is 6.18 Å². The van der Waals surface area contributed by atoms with Crippen LogP contribution >= 0.6 is 0 Å². The zero-order valence-electron chi connectivity index (χ0n) is 17.2. The van der Waals surface area contributed by atoms with Gasteiger partial charge in [0.15, 0.2) is 5.69 Å². The van der Waals surface area contributed by atoms with E-state index in [0.717, 1.165) is 28.9 Å². The van der Waals surface area contributed by atoms with Crippen molar-refractivity contribution in [2.45, 2.75) is 40.0 Å². The van der Waals surface area contributed by atoms with Crippen LogP contribution in [0, 0.1) is 12.3 Å². The molecule has 0 aliphatic heterocycles. The summed E-state index contributed by atoms with van der Waals surface area (Å²) in [5.74, 6) is -1.31. The van der Waals surface area contributed by atoms with Crippen LogP contribution in [-0.4, -0.2) is 39.9 Å². The predicted molar refractivity (Wildman–Crippen MR) is 101 cm³/mol. The summed E-state index contributed by atoms with van der Waals surface area (Å²) in [7, 11) is 0. The molecule has 2 aromatic rings. The van der Waals surface area contributed by atoms with Crippen molar-refractivity contribution in [1.82, 2.24) is 14.7 Å². The first-order chi connectivity index (χ1) is 14.0. The number of aromatic nitrogens is 2. The van der Waals surface area contributed by atoms with Crippen LogP contribution in [0.5, 0.6) is 0 Å². The van der Waals surface area contributed by atoms with Gasteiger partial charge in [0, 0.05) is 18.3 Å². The Morgan fingerprint density at radius 1 is 1.03 bits per heavy atom. The second-order valence-corrected chi connectivity index (χ2v) is 8.26. The number of rotatable bonds is 4. The number of hydrogen-bond acceptors (Lipinski definition) is 3. The molecule has 1 amide bonds. The molecule has 0 spiro atoms. The zero-order chi connectivity index (χ0) is 23.8. The van der Waals surface area contributed by atoms with Crippen molar-refractivity contribution in [3.8, 4) is 5.69 Å². The first-order valence-electron chi connectivity index (χ1n) is 9.13. The number of aryl methyl sites for hydroxylation is 1. The molecule has 0 atom stereocenters. The lowest BCUT2D eigenvalue weighted by atomic mass is 9.96. The molecule has 1 aromatic heterocycles. The van der Waals surface area contributed by atoms with Gasteiger partial charge in [0.25, 0.3) is 5.91 Å². The van der Waals surface area contributed by atoms with Gasteiger partial charge in [-0.3, -0.25) is 9.59 Å². The Hall–Kier alpha value is -2.85. The van der Waals surface area contributed by atoms with Gasteiger partial charge in [0.1, 0.15) is 6.54 Å². The van der Waals surface area contributed by atoms with Crippen molar-refractivity contribution in [3.63, 3.8) is 0 Å². The largest absolute Gasteiger partial charge is 0.418 e. The first kappa shape index (κ1) is 24.4. The number of alkyl halides is 6. The number of hydrogen-bond donors (Lipinski definition) is 0. The number of nitrogens with zero attached hydrogens (tertiary/aromatic N) is 3. The van der Waals surface area contributed by atoms with Crippen LogP contribution < -0.4 is 5.43 Å². The van der Waals surface area contributed by atoms with Gasteiger partial charge in [-0.05, 0) is 24.5 Å². The number of benzene rings is 1. The van der Waals surface area contributed by atoms with Crippen LogP contribution in [0.1, 0.15) is 42.5 Å². The standard InChI is InChI=1S/C20H21F6N3O2/c1-12-9-15(30)16(17(31)28(10-18(2,3)4)11-19(21,22)23)27-29(12)14-8-6-5-7-13(14)20(24,25)26/h5-9H,10-11H2,1-4H3. The van der Waals surface area contributed by atoms with E-state index in [0.29, 0.717) is 4.90 Å². The fourth-order valence-electron chi connectivity index (χ4n) is 2.98. The highest BCUT2D eigenvalue weighted by molar-refractivity contribution is 5.92. The summed E-state index contributed by atoms with van der Waals surface area (Å²) in [5, 5.41) is 3.74. The number of para-hydroxylation sites is 1. The number of amides is 1. The van der Waals surface area contributed by atoms with E-state index in [9.17, 15) is 35.9 Å². The van der Waals surface area contributed by atoms with Gasteiger partial charge < -0.3 is 4.90 Å². The fourth-order valence-corrected chi connectivity index (χ4v) is 2.98. The molecule has 0 aliphatic carbocycles. The highest BCUT2D eigenvalue weighted by Crippen LogP contribution is 2.33. The lowest BCUT2D eigenvalue weighted by Gasteiger charge is -2.30. The van der Waals surface area contributed by atoms with Gasteiger partial charge in [0.2, 0.25) is 5.43 Å². The van der Waals surface area contributed by atoms with E-state index in [-0.39, 0.29) is 12.2 Å². The van der Waals surface area contributed by atoms with E-state index in [2.05, 4.69) is 5.10 Å². The Morgan fingerprint density at radius 2 is 1.61 bits per heavy atom. The summed E-state index contributed by atoms with van der Waals surface area (Å²) < 4.78 is 80.0. The average molecular weight is 449 g/mol. The zero-order valence-corrected chi connectivity index (χ0v) is 17.2.